The first kappa shape index (κ1) is 20.6. The molecule has 1 heterocycles. The number of aryl methyl sites for hydroxylation is 2. The molecule has 0 fully saturated rings. The first-order valence-electron chi connectivity index (χ1n) is 10.0. The number of unbranched alkanes of at least 4 members (excludes halogenated alkanes) is 2. The minimum absolute atomic E-state index is 0.0374. The molecular weight excluding hydrogens is 367 g/mol. The van der Waals surface area contributed by atoms with Gasteiger partial charge < -0.3 is 4.74 Å². The Hall–Kier alpha value is -3.08. The van der Waals surface area contributed by atoms with Gasteiger partial charge in [-0.05, 0) is 42.5 Å². The number of carbonyl (C=O) groups excluding carboxylic acids is 1. The third kappa shape index (κ3) is 5.47. The van der Waals surface area contributed by atoms with Crippen molar-refractivity contribution in [3.63, 3.8) is 0 Å². The zero-order valence-corrected chi connectivity index (χ0v) is 16.8. The Kier molecular flexibility index (Phi) is 7.06. The molecule has 0 aliphatic rings. The molecule has 150 valence electrons. The van der Waals surface area contributed by atoms with Gasteiger partial charge in [-0.1, -0.05) is 57.0 Å². The molecule has 4 nitrogen and oxygen atoms in total. The van der Waals surface area contributed by atoms with Crippen LogP contribution in [0.3, 0.4) is 0 Å². The van der Waals surface area contributed by atoms with Gasteiger partial charge in [0.05, 0.1) is 23.7 Å². The van der Waals surface area contributed by atoms with Crippen molar-refractivity contribution >= 4 is 5.97 Å². The molecule has 0 unspecified atom stereocenters. The molecule has 0 bridgehead atoms. The Morgan fingerprint density at radius 1 is 0.966 bits per heavy atom. The number of nitrogens with zero attached hydrogens (tertiary/aromatic N) is 2. The molecule has 0 saturated heterocycles. The number of hydrogen-bond acceptors (Lipinski definition) is 4. The van der Waals surface area contributed by atoms with Crippen molar-refractivity contribution in [3.8, 4) is 17.1 Å². The van der Waals surface area contributed by atoms with Gasteiger partial charge in [0, 0.05) is 5.56 Å². The second kappa shape index (κ2) is 9.92. The smallest absolute Gasteiger partial charge is 0.347 e. The van der Waals surface area contributed by atoms with E-state index >= 15 is 0 Å². The van der Waals surface area contributed by atoms with E-state index < -0.39 is 11.8 Å². The summed E-state index contributed by atoms with van der Waals surface area (Å²) in [7, 11) is 0. The Bertz CT molecular complexity index is 954. The summed E-state index contributed by atoms with van der Waals surface area (Å²) in [5, 5.41) is 0. The highest BCUT2D eigenvalue weighted by Gasteiger charge is 2.15. The molecule has 0 spiro atoms. The summed E-state index contributed by atoms with van der Waals surface area (Å²) >= 11 is 0. The van der Waals surface area contributed by atoms with Gasteiger partial charge in [-0.15, -0.1) is 0 Å². The van der Waals surface area contributed by atoms with Crippen molar-refractivity contribution in [2.45, 2.75) is 46.0 Å². The van der Waals surface area contributed by atoms with E-state index in [2.05, 4.69) is 23.8 Å². The molecule has 3 rings (SSSR count). The zero-order valence-electron chi connectivity index (χ0n) is 16.8. The molecule has 0 amide bonds. The maximum absolute atomic E-state index is 14.3. The number of esters is 1. The number of carbonyl (C=O) groups is 1. The Morgan fingerprint density at radius 2 is 1.72 bits per heavy atom. The van der Waals surface area contributed by atoms with Crippen molar-refractivity contribution in [1.82, 2.24) is 9.97 Å². The van der Waals surface area contributed by atoms with Crippen LogP contribution in [0.2, 0.25) is 0 Å². The highest BCUT2D eigenvalue weighted by Crippen LogP contribution is 2.20. The Morgan fingerprint density at radius 3 is 2.34 bits per heavy atom. The molecule has 0 radical (unpaired) electrons. The number of rotatable bonds is 8. The van der Waals surface area contributed by atoms with Crippen LogP contribution in [0.4, 0.5) is 4.39 Å². The molecule has 5 heteroatoms. The average Bonchev–Trinajstić information content (AvgIpc) is 2.74. The number of hydrogen-bond donors (Lipinski definition) is 0. The molecule has 0 saturated carbocycles. The molecule has 3 aromatic rings. The van der Waals surface area contributed by atoms with E-state index in [9.17, 15) is 9.18 Å². The molecule has 0 aliphatic carbocycles. The Labute approximate surface area is 170 Å². The summed E-state index contributed by atoms with van der Waals surface area (Å²) < 4.78 is 19.5. The minimum Gasteiger partial charge on any atom is -0.402 e. The summed E-state index contributed by atoms with van der Waals surface area (Å²) in [6, 6.07) is 12.7. The van der Waals surface area contributed by atoms with Crippen LogP contribution in [-0.2, 0) is 12.8 Å². The van der Waals surface area contributed by atoms with Crippen molar-refractivity contribution in [2.75, 3.05) is 0 Å². The van der Waals surface area contributed by atoms with Crippen molar-refractivity contribution in [2.24, 2.45) is 0 Å². The number of halogens is 1. The maximum Gasteiger partial charge on any atom is 0.347 e. The van der Waals surface area contributed by atoms with Crippen LogP contribution in [0.5, 0.6) is 5.88 Å². The summed E-state index contributed by atoms with van der Waals surface area (Å²) in [5.41, 5.74) is 3.62. The molecule has 2 aromatic carbocycles. The second-order valence-corrected chi connectivity index (χ2v) is 6.95. The average molecular weight is 392 g/mol. The van der Waals surface area contributed by atoms with E-state index in [-0.39, 0.29) is 11.4 Å². The lowest BCUT2D eigenvalue weighted by Gasteiger charge is -2.07. The van der Waals surface area contributed by atoms with E-state index in [1.54, 1.807) is 6.07 Å². The predicted octanol–water partition coefficient (Wildman–Crippen LogP) is 5.80. The van der Waals surface area contributed by atoms with Crippen molar-refractivity contribution in [1.29, 1.82) is 0 Å². The van der Waals surface area contributed by atoms with Crippen molar-refractivity contribution in [3.05, 3.63) is 77.4 Å². The molecule has 0 aliphatic heterocycles. The molecule has 0 N–H and O–H groups in total. The third-order valence-electron chi connectivity index (χ3n) is 4.81. The van der Waals surface area contributed by atoms with Crippen molar-refractivity contribution < 1.29 is 13.9 Å². The van der Waals surface area contributed by atoms with Crippen LogP contribution < -0.4 is 4.74 Å². The van der Waals surface area contributed by atoms with Gasteiger partial charge in [0.1, 0.15) is 5.82 Å². The summed E-state index contributed by atoms with van der Waals surface area (Å²) in [6.07, 6.45) is 7.89. The summed E-state index contributed by atoms with van der Waals surface area (Å²) in [4.78, 5) is 20.7. The van der Waals surface area contributed by atoms with Crippen LogP contribution >= 0.6 is 0 Å². The first-order valence-corrected chi connectivity index (χ1v) is 10.0. The van der Waals surface area contributed by atoms with Crippen LogP contribution in [-0.4, -0.2) is 15.9 Å². The molecule has 0 atom stereocenters. The second-order valence-electron chi connectivity index (χ2n) is 6.95. The van der Waals surface area contributed by atoms with E-state index in [0.29, 0.717) is 5.69 Å². The quantitative estimate of drug-likeness (QED) is 0.359. The van der Waals surface area contributed by atoms with E-state index in [4.69, 9.17) is 4.74 Å². The molecule has 29 heavy (non-hydrogen) atoms. The van der Waals surface area contributed by atoms with E-state index in [1.807, 2.05) is 24.3 Å². The van der Waals surface area contributed by atoms with Gasteiger partial charge in [-0.25, -0.2) is 19.2 Å². The minimum atomic E-state index is -0.781. The molecular formula is C24H25FN2O2. The highest BCUT2D eigenvalue weighted by molar-refractivity contribution is 5.91. The SMILES string of the molecule is CCCCCc1ccc(C(=O)Oc2cnc(-c3ccc(CC)cc3)cn2)c(F)c1. The van der Waals surface area contributed by atoms with Gasteiger partial charge in [-0.3, -0.25) is 0 Å². The Balaban J connectivity index is 1.65. The lowest BCUT2D eigenvalue weighted by molar-refractivity contribution is 0.0722. The van der Waals surface area contributed by atoms with Crippen LogP contribution in [0.25, 0.3) is 11.3 Å². The van der Waals surface area contributed by atoms with Crippen LogP contribution in [0, 0.1) is 5.82 Å². The van der Waals surface area contributed by atoms with Gasteiger partial charge in [0.15, 0.2) is 0 Å². The maximum atomic E-state index is 14.3. The van der Waals surface area contributed by atoms with E-state index in [1.165, 1.54) is 30.1 Å². The zero-order chi connectivity index (χ0) is 20.6. The lowest BCUT2D eigenvalue weighted by atomic mass is 10.0. The number of ether oxygens (including phenoxy) is 1. The van der Waals surface area contributed by atoms with Gasteiger partial charge in [-0.2, -0.15) is 0 Å². The largest absolute Gasteiger partial charge is 0.402 e. The van der Waals surface area contributed by atoms with Gasteiger partial charge in [0.2, 0.25) is 5.88 Å². The third-order valence-corrected chi connectivity index (χ3v) is 4.81. The predicted molar refractivity (Wildman–Crippen MR) is 111 cm³/mol. The van der Waals surface area contributed by atoms with Crippen LogP contribution in [0.15, 0.2) is 54.9 Å². The van der Waals surface area contributed by atoms with Gasteiger partial charge in [0.25, 0.3) is 0 Å². The van der Waals surface area contributed by atoms with Crippen LogP contribution in [0.1, 0.15) is 54.6 Å². The van der Waals surface area contributed by atoms with E-state index in [0.717, 1.165) is 43.2 Å². The normalized spacial score (nSPS) is 10.7. The lowest BCUT2D eigenvalue weighted by Crippen LogP contribution is -2.12. The fourth-order valence-electron chi connectivity index (χ4n) is 3.04. The number of benzene rings is 2. The fourth-order valence-corrected chi connectivity index (χ4v) is 3.04. The summed E-state index contributed by atoms with van der Waals surface area (Å²) in [6.45, 7) is 4.22. The highest BCUT2D eigenvalue weighted by atomic mass is 19.1. The molecule has 1 aromatic heterocycles. The first-order chi connectivity index (χ1) is 14.1. The van der Waals surface area contributed by atoms with Gasteiger partial charge >= 0.3 is 5.97 Å². The fraction of sp³-hybridized carbons (Fsp3) is 0.292. The summed E-state index contributed by atoms with van der Waals surface area (Å²) in [5.74, 6) is -1.32. The topological polar surface area (TPSA) is 52.1 Å². The number of aromatic nitrogens is 2. The standard InChI is InChI=1S/C24H25FN2O2/c1-3-5-6-7-18-10-13-20(21(25)14-18)24(28)29-23-16-26-22(15-27-23)19-11-8-17(4-2)9-12-19/h8-16H,3-7H2,1-2H3. The monoisotopic (exact) mass is 392 g/mol.